The number of halogens is 1. The molecule has 4 heterocycles. The van der Waals surface area contributed by atoms with E-state index < -0.39 is 0 Å². The second-order valence-electron chi connectivity index (χ2n) is 6.74. The minimum atomic E-state index is -0.264. The topological polar surface area (TPSA) is 98.3 Å². The first-order valence-electron chi connectivity index (χ1n) is 9.88. The van der Waals surface area contributed by atoms with Crippen molar-refractivity contribution >= 4 is 50.5 Å². The summed E-state index contributed by atoms with van der Waals surface area (Å²) in [6, 6.07) is 3.32. The molecule has 160 valence electrons. The van der Waals surface area contributed by atoms with E-state index in [1.165, 1.54) is 0 Å². The lowest BCUT2D eigenvalue weighted by molar-refractivity contribution is 0.0923. The van der Waals surface area contributed by atoms with Crippen LogP contribution in [0, 0.1) is 0 Å². The third-order valence-corrected chi connectivity index (χ3v) is 6.09. The van der Waals surface area contributed by atoms with Gasteiger partial charge >= 0.3 is 0 Å². The number of nitrogens with zero attached hydrogens (tertiary/aromatic N) is 5. The molecule has 0 radical (unpaired) electrons. The zero-order valence-corrected chi connectivity index (χ0v) is 19.0. The molecular formula is C19H23BrN6O3S. The van der Waals surface area contributed by atoms with Crippen LogP contribution in [0.2, 0.25) is 0 Å². The maximum Gasteiger partial charge on any atom is 0.287 e. The van der Waals surface area contributed by atoms with Gasteiger partial charge in [0.2, 0.25) is 0 Å². The summed E-state index contributed by atoms with van der Waals surface area (Å²) < 4.78 is 13.1. The predicted molar refractivity (Wildman–Crippen MR) is 118 cm³/mol. The molecule has 0 spiro atoms. The second kappa shape index (κ2) is 9.80. The average molecular weight is 495 g/mol. The fraction of sp³-hybridized carbons (Fsp3) is 0.474. The van der Waals surface area contributed by atoms with Crippen LogP contribution in [0.25, 0.3) is 11.0 Å². The van der Waals surface area contributed by atoms with E-state index in [-0.39, 0.29) is 11.7 Å². The van der Waals surface area contributed by atoms with Crippen LogP contribution in [0.5, 0.6) is 0 Å². The van der Waals surface area contributed by atoms with Gasteiger partial charge in [-0.1, -0.05) is 18.7 Å². The second-order valence-corrected chi connectivity index (χ2v) is 8.59. The lowest BCUT2D eigenvalue weighted by Gasteiger charge is -2.28. The molecule has 1 saturated heterocycles. The van der Waals surface area contributed by atoms with Gasteiger partial charge < -0.3 is 19.4 Å². The standard InChI is InChI=1S/C19H23BrN6O3S/c1-2-11-30-19-23-16(25-7-9-28-10-8-25)13-12-22-26(17(13)24-19)6-5-21-18(27)14-3-4-15(20)29-14/h3-4,12H,2,5-11H2,1H3,(H,21,27). The summed E-state index contributed by atoms with van der Waals surface area (Å²) >= 11 is 4.85. The van der Waals surface area contributed by atoms with Crippen LogP contribution in [0.15, 0.2) is 32.6 Å². The summed E-state index contributed by atoms with van der Waals surface area (Å²) in [5, 5.41) is 9.03. The third-order valence-electron chi connectivity index (χ3n) is 4.61. The molecule has 30 heavy (non-hydrogen) atoms. The van der Waals surface area contributed by atoms with Gasteiger partial charge in [0.1, 0.15) is 5.82 Å². The highest BCUT2D eigenvalue weighted by Crippen LogP contribution is 2.28. The molecule has 1 aliphatic heterocycles. The molecule has 3 aromatic heterocycles. The van der Waals surface area contributed by atoms with Crippen molar-refractivity contribution < 1.29 is 13.9 Å². The van der Waals surface area contributed by atoms with E-state index in [2.05, 4.69) is 38.2 Å². The van der Waals surface area contributed by atoms with Gasteiger partial charge in [-0.3, -0.25) is 4.79 Å². The maximum atomic E-state index is 12.2. The molecule has 0 unspecified atom stereocenters. The van der Waals surface area contributed by atoms with Crippen LogP contribution in [0.1, 0.15) is 23.9 Å². The average Bonchev–Trinajstić information content (AvgIpc) is 3.38. The molecule has 0 atom stereocenters. The Morgan fingerprint density at radius 1 is 1.30 bits per heavy atom. The van der Waals surface area contributed by atoms with E-state index in [1.54, 1.807) is 30.1 Å². The van der Waals surface area contributed by atoms with E-state index in [4.69, 9.17) is 19.1 Å². The Morgan fingerprint density at radius 2 is 2.13 bits per heavy atom. The fourth-order valence-electron chi connectivity index (χ4n) is 3.16. The number of carbonyl (C=O) groups excluding carboxylic acids is 1. The van der Waals surface area contributed by atoms with Crippen LogP contribution in [-0.4, -0.2) is 64.3 Å². The third kappa shape index (κ3) is 4.79. The van der Waals surface area contributed by atoms with Gasteiger partial charge in [-0.05, 0) is 34.5 Å². The molecule has 1 N–H and O–H groups in total. The van der Waals surface area contributed by atoms with Crippen molar-refractivity contribution in [1.29, 1.82) is 0 Å². The highest BCUT2D eigenvalue weighted by molar-refractivity contribution is 9.10. The van der Waals surface area contributed by atoms with Gasteiger partial charge in [0, 0.05) is 25.4 Å². The molecule has 0 aliphatic carbocycles. The highest BCUT2D eigenvalue weighted by Gasteiger charge is 2.20. The SMILES string of the molecule is CCCSc1nc(N2CCOCC2)c2cnn(CCNC(=O)c3ccc(Br)o3)c2n1. The molecule has 1 aliphatic rings. The molecule has 0 saturated carbocycles. The number of amides is 1. The Labute approximate surface area is 186 Å². The van der Waals surface area contributed by atoms with E-state index in [9.17, 15) is 4.79 Å². The summed E-state index contributed by atoms with van der Waals surface area (Å²) in [6.07, 6.45) is 2.85. The number of hydrogen-bond acceptors (Lipinski definition) is 8. The van der Waals surface area contributed by atoms with Crippen LogP contribution in [-0.2, 0) is 11.3 Å². The van der Waals surface area contributed by atoms with Gasteiger partial charge in [0.05, 0.1) is 31.3 Å². The molecule has 11 heteroatoms. The highest BCUT2D eigenvalue weighted by atomic mass is 79.9. The summed E-state index contributed by atoms with van der Waals surface area (Å²) in [4.78, 5) is 24.0. The van der Waals surface area contributed by atoms with Gasteiger partial charge in [-0.2, -0.15) is 5.10 Å². The van der Waals surface area contributed by atoms with Crippen LogP contribution in [0.4, 0.5) is 5.82 Å². The smallest absolute Gasteiger partial charge is 0.287 e. The Kier molecular flexibility index (Phi) is 6.90. The number of ether oxygens (including phenoxy) is 1. The zero-order chi connectivity index (χ0) is 20.9. The lowest BCUT2D eigenvalue weighted by atomic mass is 10.3. The first-order valence-corrected chi connectivity index (χ1v) is 11.7. The molecule has 0 aromatic carbocycles. The minimum Gasteiger partial charge on any atom is -0.444 e. The number of thioether (sulfide) groups is 1. The van der Waals surface area contributed by atoms with E-state index >= 15 is 0 Å². The first-order chi connectivity index (χ1) is 14.7. The summed E-state index contributed by atoms with van der Waals surface area (Å²) in [6.45, 7) is 6.00. The van der Waals surface area contributed by atoms with Crippen molar-refractivity contribution in [2.24, 2.45) is 0 Å². The summed E-state index contributed by atoms with van der Waals surface area (Å²) in [5.41, 5.74) is 0.778. The monoisotopic (exact) mass is 494 g/mol. The number of rotatable bonds is 8. The number of furan rings is 1. The van der Waals surface area contributed by atoms with Gasteiger partial charge in [0.25, 0.3) is 5.91 Å². The number of aromatic nitrogens is 4. The molecular weight excluding hydrogens is 472 g/mol. The fourth-order valence-corrected chi connectivity index (χ4v) is 4.15. The van der Waals surface area contributed by atoms with Gasteiger partial charge in [-0.25, -0.2) is 14.6 Å². The van der Waals surface area contributed by atoms with E-state index in [0.29, 0.717) is 31.0 Å². The number of fused-ring (bicyclic) bond motifs is 1. The largest absolute Gasteiger partial charge is 0.444 e. The van der Waals surface area contributed by atoms with Crippen molar-refractivity contribution in [3.8, 4) is 0 Å². The van der Waals surface area contributed by atoms with Crippen molar-refractivity contribution in [3.05, 3.63) is 28.8 Å². The van der Waals surface area contributed by atoms with Gasteiger partial charge in [-0.15, -0.1) is 0 Å². The quantitative estimate of drug-likeness (QED) is 0.376. The van der Waals surface area contributed by atoms with Crippen molar-refractivity contribution in [3.63, 3.8) is 0 Å². The Hall–Kier alpha value is -2.11. The molecule has 9 nitrogen and oxygen atoms in total. The van der Waals surface area contributed by atoms with Crippen LogP contribution >= 0.6 is 27.7 Å². The molecule has 0 bridgehead atoms. The molecule has 3 aromatic rings. The first kappa shape index (κ1) is 21.1. The van der Waals surface area contributed by atoms with Crippen molar-refractivity contribution in [1.82, 2.24) is 25.1 Å². The molecule has 1 amide bonds. The molecule has 4 rings (SSSR count). The maximum absolute atomic E-state index is 12.2. The zero-order valence-electron chi connectivity index (χ0n) is 16.6. The minimum absolute atomic E-state index is 0.264. The summed E-state index contributed by atoms with van der Waals surface area (Å²) in [7, 11) is 0. The van der Waals surface area contributed by atoms with Crippen LogP contribution < -0.4 is 10.2 Å². The predicted octanol–water partition coefficient (Wildman–Crippen LogP) is 2.95. The number of morpholine rings is 1. The van der Waals surface area contributed by atoms with Crippen LogP contribution in [0.3, 0.4) is 0 Å². The normalized spacial score (nSPS) is 14.4. The number of hydrogen-bond donors (Lipinski definition) is 1. The van der Waals surface area contributed by atoms with Crippen molar-refractivity contribution in [2.75, 3.05) is 43.5 Å². The molecule has 1 fully saturated rings. The van der Waals surface area contributed by atoms with E-state index in [1.807, 2.05) is 4.68 Å². The number of anilines is 1. The number of carbonyl (C=O) groups is 1. The Bertz CT molecular complexity index is 1020. The Morgan fingerprint density at radius 3 is 2.87 bits per heavy atom. The summed E-state index contributed by atoms with van der Waals surface area (Å²) in [5.74, 6) is 1.86. The Balaban J connectivity index is 1.53. The van der Waals surface area contributed by atoms with E-state index in [0.717, 1.165) is 47.3 Å². The number of nitrogens with one attached hydrogen (secondary N) is 1. The van der Waals surface area contributed by atoms with Gasteiger partial charge in [0.15, 0.2) is 21.2 Å². The van der Waals surface area contributed by atoms with Crippen molar-refractivity contribution in [2.45, 2.75) is 25.0 Å². The lowest BCUT2D eigenvalue weighted by Crippen LogP contribution is -2.37.